The highest BCUT2D eigenvalue weighted by Crippen LogP contribution is 2.31. The highest BCUT2D eigenvalue weighted by Gasteiger charge is 2.31. The lowest BCUT2D eigenvalue weighted by Gasteiger charge is -2.36. The zero-order valence-corrected chi connectivity index (χ0v) is 17.0. The van der Waals surface area contributed by atoms with Gasteiger partial charge in [0.25, 0.3) is 0 Å². The van der Waals surface area contributed by atoms with Crippen molar-refractivity contribution in [1.82, 2.24) is 10.2 Å². The fraction of sp³-hybridized carbons (Fsp3) is 0.650. The summed E-state index contributed by atoms with van der Waals surface area (Å²) >= 11 is 0. The number of piperazine rings is 1. The van der Waals surface area contributed by atoms with Crippen LogP contribution < -0.4 is 16.0 Å². The Morgan fingerprint density at radius 3 is 2.39 bits per heavy atom. The van der Waals surface area contributed by atoms with Gasteiger partial charge >= 0.3 is 6.18 Å². The van der Waals surface area contributed by atoms with Crippen LogP contribution in [-0.2, 0) is 6.18 Å². The molecule has 0 bridgehead atoms. The second kappa shape index (κ2) is 9.49. The molecule has 28 heavy (non-hydrogen) atoms. The summed E-state index contributed by atoms with van der Waals surface area (Å²) in [7, 11) is 0. The van der Waals surface area contributed by atoms with Crippen molar-refractivity contribution < 1.29 is 13.2 Å². The molecule has 1 aromatic carbocycles. The van der Waals surface area contributed by atoms with E-state index in [4.69, 9.17) is 5.73 Å². The van der Waals surface area contributed by atoms with Crippen molar-refractivity contribution >= 4 is 11.6 Å². The van der Waals surface area contributed by atoms with E-state index < -0.39 is 11.7 Å². The van der Waals surface area contributed by atoms with Crippen LogP contribution in [0.5, 0.6) is 0 Å². The number of rotatable bonds is 6. The molecule has 0 aromatic heterocycles. The molecular formula is C20H32F3N5. The van der Waals surface area contributed by atoms with Crippen molar-refractivity contribution in [3.05, 3.63) is 29.8 Å². The number of alkyl halides is 3. The van der Waals surface area contributed by atoms with Crippen molar-refractivity contribution in [3.63, 3.8) is 0 Å². The van der Waals surface area contributed by atoms with Crippen LogP contribution in [0.25, 0.3) is 0 Å². The molecule has 0 amide bonds. The molecule has 0 unspecified atom stereocenters. The van der Waals surface area contributed by atoms with Crippen LogP contribution in [0, 0.1) is 0 Å². The van der Waals surface area contributed by atoms with Gasteiger partial charge in [0.2, 0.25) is 0 Å². The van der Waals surface area contributed by atoms with Gasteiger partial charge < -0.3 is 16.0 Å². The maximum absolute atomic E-state index is 12.9. The first-order chi connectivity index (χ1) is 13.0. The Balaban J connectivity index is 1.70. The third-order valence-electron chi connectivity index (χ3n) is 4.58. The number of benzene rings is 1. The quantitative estimate of drug-likeness (QED) is 0.438. The van der Waals surface area contributed by atoms with E-state index in [1.54, 1.807) is 6.07 Å². The fourth-order valence-corrected chi connectivity index (χ4v) is 3.18. The topological polar surface area (TPSA) is 56.9 Å². The molecule has 5 nitrogen and oxygen atoms in total. The number of hydrogen-bond acceptors (Lipinski definition) is 3. The van der Waals surface area contributed by atoms with Gasteiger partial charge in [-0.3, -0.25) is 9.89 Å². The minimum Gasteiger partial charge on any atom is -0.370 e. The van der Waals surface area contributed by atoms with Crippen molar-refractivity contribution in [2.45, 2.75) is 45.3 Å². The molecule has 0 spiro atoms. The van der Waals surface area contributed by atoms with E-state index in [1.807, 2.05) is 25.7 Å². The zero-order valence-electron chi connectivity index (χ0n) is 17.0. The van der Waals surface area contributed by atoms with E-state index in [9.17, 15) is 13.2 Å². The Morgan fingerprint density at radius 1 is 1.11 bits per heavy atom. The molecule has 0 aliphatic carbocycles. The Hall–Kier alpha value is -1.96. The highest BCUT2D eigenvalue weighted by atomic mass is 19.4. The van der Waals surface area contributed by atoms with Crippen LogP contribution in [0.3, 0.4) is 0 Å². The Morgan fingerprint density at radius 2 is 1.79 bits per heavy atom. The number of nitrogens with two attached hydrogens (primary N) is 1. The van der Waals surface area contributed by atoms with Crippen molar-refractivity contribution in [3.8, 4) is 0 Å². The number of unbranched alkanes of at least 4 members (excludes halogenated alkanes) is 1. The molecule has 0 saturated carbocycles. The van der Waals surface area contributed by atoms with Gasteiger partial charge in [0.05, 0.1) is 5.56 Å². The fourth-order valence-electron chi connectivity index (χ4n) is 3.18. The lowest BCUT2D eigenvalue weighted by Crippen LogP contribution is -2.46. The van der Waals surface area contributed by atoms with Crippen molar-refractivity contribution in [1.29, 1.82) is 0 Å². The SMILES string of the molecule is CC(C)(C)NC(N)=NCCCCN1CCN(c2cccc(C(F)(F)F)c2)CC1. The molecule has 0 radical (unpaired) electrons. The van der Waals surface area contributed by atoms with Crippen LogP contribution in [-0.4, -0.2) is 55.7 Å². The standard InChI is InChI=1S/C20H32F3N5/c1-19(2,3)26-18(24)25-9-4-5-10-27-11-13-28(14-12-27)17-8-6-7-16(15-17)20(21,22)23/h6-8,15H,4-5,9-14H2,1-3H3,(H3,24,25,26). The van der Waals surface area contributed by atoms with Crippen molar-refractivity contribution in [2.24, 2.45) is 10.7 Å². The first kappa shape index (κ1) is 22.3. The normalized spacial score (nSPS) is 17.1. The summed E-state index contributed by atoms with van der Waals surface area (Å²) in [5.74, 6) is 0.474. The zero-order chi connectivity index (χ0) is 20.8. The number of anilines is 1. The number of nitrogens with zero attached hydrogens (tertiary/aromatic N) is 3. The Kier molecular flexibility index (Phi) is 7.57. The van der Waals surface area contributed by atoms with Gasteiger partial charge in [0.15, 0.2) is 5.96 Å². The number of aliphatic imine (C=N–C) groups is 1. The van der Waals surface area contributed by atoms with Gasteiger partial charge in [-0.2, -0.15) is 13.2 Å². The Bertz CT molecular complexity index is 644. The maximum Gasteiger partial charge on any atom is 0.416 e. The van der Waals surface area contributed by atoms with E-state index in [0.29, 0.717) is 18.2 Å². The summed E-state index contributed by atoms with van der Waals surface area (Å²) in [6.45, 7) is 11.0. The molecule has 1 heterocycles. The first-order valence-corrected chi connectivity index (χ1v) is 9.77. The van der Waals surface area contributed by atoms with Gasteiger partial charge in [0, 0.05) is 44.0 Å². The third-order valence-corrected chi connectivity index (χ3v) is 4.58. The summed E-state index contributed by atoms with van der Waals surface area (Å²) in [4.78, 5) is 8.71. The van der Waals surface area contributed by atoms with E-state index in [2.05, 4.69) is 15.2 Å². The molecule has 1 saturated heterocycles. The number of guanidine groups is 1. The second-order valence-corrected chi connectivity index (χ2v) is 8.23. The molecule has 3 N–H and O–H groups in total. The van der Waals surface area contributed by atoms with Gasteiger partial charge in [-0.05, 0) is 58.4 Å². The summed E-state index contributed by atoms with van der Waals surface area (Å²) in [5, 5.41) is 3.13. The highest BCUT2D eigenvalue weighted by molar-refractivity contribution is 5.78. The third kappa shape index (κ3) is 7.58. The summed E-state index contributed by atoms with van der Waals surface area (Å²) in [5.41, 5.74) is 5.81. The molecule has 158 valence electrons. The first-order valence-electron chi connectivity index (χ1n) is 9.77. The molecule has 1 aromatic rings. The average molecular weight is 400 g/mol. The van der Waals surface area contributed by atoms with Gasteiger partial charge in [-0.1, -0.05) is 6.07 Å². The van der Waals surface area contributed by atoms with Gasteiger partial charge in [0.1, 0.15) is 0 Å². The van der Waals surface area contributed by atoms with Gasteiger partial charge in [-0.25, -0.2) is 0 Å². The largest absolute Gasteiger partial charge is 0.416 e. The van der Waals surface area contributed by atoms with E-state index >= 15 is 0 Å². The molecule has 1 aliphatic heterocycles. The van der Waals surface area contributed by atoms with Crippen LogP contribution in [0.15, 0.2) is 29.3 Å². The summed E-state index contributed by atoms with van der Waals surface area (Å²) in [6.07, 6.45) is -2.32. The molecule has 1 aliphatic rings. The predicted molar refractivity (Wildman–Crippen MR) is 109 cm³/mol. The lowest BCUT2D eigenvalue weighted by molar-refractivity contribution is -0.137. The second-order valence-electron chi connectivity index (χ2n) is 8.23. The average Bonchev–Trinajstić information content (AvgIpc) is 2.60. The number of nitrogens with one attached hydrogen (secondary N) is 1. The molecule has 1 fully saturated rings. The predicted octanol–water partition coefficient (Wildman–Crippen LogP) is 3.31. The van der Waals surface area contributed by atoms with E-state index in [-0.39, 0.29) is 5.54 Å². The minimum atomic E-state index is -4.30. The van der Waals surface area contributed by atoms with E-state index in [1.165, 1.54) is 12.1 Å². The minimum absolute atomic E-state index is 0.0904. The van der Waals surface area contributed by atoms with Gasteiger partial charge in [-0.15, -0.1) is 0 Å². The van der Waals surface area contributed by atoms with Crippen LogP contribution in [0.2, 0.25) is 0 Å². The van der Waals surface area contributed by atoms with Crippen LogP contribution in [0.4, 0.5) is 18.9 Å². The van der Waals surface area contributed by atoms with Crippen LogP contribution in [0.1, 0.15) is 39.2 Å². The lowest BCUT2D eigenvalue weighted by atomic mass is 10.1. The van der Waals surface area contributed by atoms with Crippen LogP contribution >= 0.6 is 0 Å². The number of hydrogen-bond donors (Lipinski definition) is 2. The van der Waals surface area contributed by atoms with Crippen molar-refractivity contribution in [2.75, 3.05) is 44.2 Å². The maximum atomic E-state index is 12.9. The summed E-state index contributed by atoms with van der Waals surface area (Å²) < 4.78 is 38.6. The Labute approximate surface area is 165 Å². The monoisotopic (exact) mass is 399 g/mol. The summed E-state index contributed by atoms with van der Waals surface area (Å²) in [6, 6.07) is 5.58. The molecule has 2 rings (SSSR count). The number of halogens is 3. The smallest absolute Gasteiger partial charge is 0.370 e. The molecular weight excluding hydrogens is 367 g/mol. The molecule has 8 heteroatoms. The van der Waals surface area contributed by atoms with E-state index in [0.717, 1.165) is 51.6 Å². The molecule has 0 atom stereocenters.